The second-order valence-electron chi connectivity index (χ2n) is 6.12. The summed E-state index contributed by atoms with van der Waals surface area (Å²) in [4.78, 5) is 31.0. The van der Waals surface area contributed by atoms with Crippen molar-refractivity contribution in [2.75, 3.05) is 6.54 Å². The Bertz CT molecular complexity index is 801. The maximum absolute atomic E-state index is 12.9. The molecule has 7 heteroatoms. The van der Waals surface area contributed by atoms with Gasteiger partial charge in [0.1, 0.15) is 0 Å². The SMILES string of the molecule is Cc1nc([C@@H]2CCCN2C(=O)[C@@H]2Cc3ccccc3C(=O)O2)no1. The zero-order valence-corrected chi connectivity index (χ0v) is 13.3. The second-order valence-corrected chi connectivity index (χ2v) is 6.12. The predicted molar refractivity (Wildman–Crippen MR) is 82.1 cm³/mol. The first-order valence-corrected chi connectivity index (χ1v) is 8.03. The molecule has 3 heterocycles. The molecular weight excluding hydrogens is 310 g/mol. The monoisotopic (exact) mass is 327 g/mol. The van der Waals surface area contributed by atoms with Crippen LogP contribution in [0.15, 0.2) is 28.8 Å². The Morgan fingerprint density at radius 3 is 2.96 bits per heavy atom. The van der Waals surface area contributed by atoms with Crippen molar-refractivity contribution < 1.29 is 18.8 Å². The summed E-state index contributed by atoms with van der Waals surface area (Å²) in [6.07, 6.45) is 1.25. The molecule has 0 bridgehead atoms. The van der Waals surface area contributed by atoms with E-state index in [0.717, 1.165) is 18.4 Å². The van der Waals surface area contributed by atoms with E-state index in [1.54, 1.807) is 24.0 Å². The van der Waals surface area contributed by atoms with E-state index in [0.29, 0.717) is 30.2 Å². The Kier molecular flexibility index (Phi) is 3.55. The lowest BCUT2D eigenvalue weighted by molar-refractivity contribution is -0.142. The van der Waals surface area contributed by atoms with Gasteiger partial charge in [-0.3, -0.25) is 4.79 Å². The summed E-state index contributed by atoms with van der Waals surface area (Å²) in [5.74, 6) is 0.354. The quantitative estimate of drug-likeness (QED) is 0.782. The molecule has 0 N–H and O–H groups in total. The number of amides is 1. The normalized spacial score (nSPS) is 23.0. The van der Waals surface area contributed by atoms with Crippen molar-refractivity contribution in [3.8, 4) is 0 Å². The summed E-state index contributed by atoms with van der Waals surface area (Å²) in [5, 5.41) is 3.94. The first-order valence-electron chi connectivity index (χ1n) is 8.03. The van der Waals surface area contributed by atoms with Crippen molar-refractivity contribution in [2.45, 2.75) is 38.3 Å². The van der Waals surface area contributed by atoms with Crippen LogP contribution in [-0.2, 0) is 16.0 Å². The van der Waals surface area contributed by atoms with Crippen LogP contribution < -0.4 is 0 Å². The molecule has 1 aromatic carbocycles. The van der Waals surface area contributed by atoms with Crippen LogP contribution in [0.3, 0.4) is 0 Å². The molecular formula is C17H17N3O4. The summed E-state index contributed by atoms with van der Waals surface area (Å²) in [6, 6.07) is 7.02. The molecule has 0 spiro atoms. The van der Waals surface area contributed by atoms with Crippen molar-refractivity contribution in [1.29, 1.82) is 0 Å². The van der Waals surface area contributed by atoms with Crippen molar-refractivity contribution in [3.63, 3.8) is 0 Å². The van der Waals surface area contributed by atoms with E-state index in [4.69, 9.17) is 9.26 Å². The number of aryl methyl sites for hydroxylation is 1. The molecule has 1 saturated heterocycles. The molecule has 2 aromatic rings. The lowest BCUT2D eigenvalue weighted by Gasteiger charge is -2.29. The van der Waals surface area contributed by atoms with Crippen LogP contribution in [0, 0.1) is 6.92 Å². The molecule has 7 nitrogen and oxygen atoms in total. The van der Waals surface area contributed by atoms with Gasteiger partial charge in [0.2, 0.25) is 5.89 Å². The van der Waals surface area contributed by atoms with E-state index in [-0.39, 0.29) is 11.9 Å². The zero-order valence-electron chi connectivity index (χ0n) is 13.3. The topological polar surface area (TPSA) is 85.5 Å². The largest absolute Gasteiger partial charge is 0.448 e. The standard InChI is InChI=1S/C17H17N3O4/c1-10-18-15(19-24-10)13-7-4-8-20(13)16(21)14-9-11-5-2-3-6-12(11)17(22)23-14/h2-3,5-6,13-14H,4,7-9H2,1H3/t13-,14-/m0/s1. The number of hydrogen-bond acceptors (Lipinski definition) is 6. The lowest BCUT2D eigenvalue weighted by Crippen LogP contribution is -2.44. The van der Waals surface area contributed by atoms with Crippen molar-refractivity contribution in [1.82, 2.24) is 15.0 Å². The lowest BCUT2D eigenvalue weighted by atomic mass is 9.98. The van der Waals surface area contributed by atoms with Gasteiger partial charge < -0.3 is 14.2 Å². The molecule has 124 valence electrons. The summed E-state index contributed by atoms with van der Waals surface area (Å²) in [6.45, 7) is 2.32. The Hall–Kier alpha value is -2.70. The minimum Gasteiger partial charge on any atom is -0.448 e. The van der Waals surface area contributed by atoms with Crippen LogP contribution in [0.5, 0.6) is 0 Å². The molecule has 2 aliphatic heterocycles. The first-order chi connectivity index (χ1) is 11.6. The number of cyclic esters (lactones) is 1. The van der Waals surface area contributed by atoms with Crippen LogP contribution >= 0.6 is 0 Å². The third kappa shape index (κ3) is 2.46. The Balaban J connectivity index is 1.56. The van der Waals surface area contributed by atoms with Crippen molar-refractivity contribution in [3.05, 3.63) is 47.1 Å². The number of esters is 1. The highest BCUT2D eigenvalue weighted by Gasteiger charge is 2.40. The molecule has 0 unspecified atom stereocenters. The van der Waals surface area contributed by atoms with Gasteiger partial charge in [-0.15, -0.1) is 0 Å². The fraction of sp³-hybridized carbons (Fsp3) is 0.412. The third-order valence-corrected chi connectivity index (χ3v) is 4.54. The fourth-order valence-electron chi connectivity index (χ4n) is 3.40. The van der Waals surface area contributed by atoms with Gasteiger partial charge in [0.15, 0.2) is 11.9 Å². The number of nitrogens with zero attached hydrogens (tertiary/aromatic N) is 3. The minimum absolute atomic E-state index is 0.192. The number of fused-ring (bicyclic) bond motifs is 1. The number of likely N-dealkylation sites (tertiary alicyclic amines) is 1. The van der Waals surface area contributed by atoms with Gasteiger partial charge >= 0.3 is 5.97 Å². The number of ether oxygens (including phenoxy) is 1. The number of hydrogen-bond donors (Lipinski definition) is 0. The second kappa shape index (κ2) is 5.74. The highest BCUT2D eigenvalue weighted by atomic mass is 16.5. The number of benzene rings is 1. The summed E-state index contributed by atoms with van der Waals surface area (Å²) >= 11 is 0. The average Bonchev–Trinajstić information content (AvgIpc) is 3.22. The Labute approximate surface area is 138 Å². The van der Waals surface area contributed by atoms with E-state index in [2.05, 4.69) is 10.1 Å². The number of aromatic nitrogens is 2. The maximum Gasteiger partial charge on any atom is 0.339 e. The number of rotatable bonds is 2. The van der Waals surface area contributed by atoms with Gasteiger partial charge in [-0.2, -0.15) is 4.98 Å². The van der Waals surface area contributed by atoms with Crippen molar-refractivity contribution >= 4 is 11.9 Å². The van der Waals surface area contributed by atoms with Crippen LogP contribution in [0.4, 0.5) is 0 Å². The maximum atomic E-state index is 12.9. The minimum atomic E-state index is -0.791. The van der Waals surface area contributed by atoms with E-state index in [9.17, 15) is 9.59 Å². The summed E-state index contributed by atoms with van der Waals surface area (Å²) < 4.78 is 10.4. The van der Waals surface area contributed by atoms with E-state index < -0.39 is 12.1 Å². The van der Waals surface area contributed by atoms with Crippen LogP contribution in [0.1, 0.15) is 46.5 Å². The molecule has 0 radical (unpaired) electrons. The summed E-state index contributed by atoms with van der Waals surface area (Å²) in [7, 11) is 0. The van der Waals surface area contributed by atoms with Gasteiger partial charge in [0.25, 0.3) is 5.91 Å². The first kappa shape index (κ1) is 14.9. The fourth-order valence-corrected chi connectivity index (χ4v) is 3.40. The molecule has 2 aliphatic rings. The van der Waals surface area contributed by atoms with Crippen molar-refractivity contribution in [2.24, 2.45) is 0 Å². The molecule has 0 saturated carbocycles. The number of carbonyl (C=O) groups excluding carboxylic acids is 2. The van der Waals surface area contributed by atoms with Gasteiger partial charge in [-0.1, -0.05) is 23.4 Å². The van der Waals surface area contributed by atoms with E-state index >= 15 is 0 Å². The third-order valence-electron chi connectivity index (χ3n) is 4.54. The average molecular weight is 327 g/mol. The van der Waals surface area contributed by atoms with Gasteiger partial charge in [0, 0.05) is 19.9 Å². The molecule has 1 fully saturated rings. The highest BCUT2D eigenvalue weighted by molar-refractivity contribution is 5.95. The molecule has 1 aromatic heterocycles. The van der Waals surface area contributed by atoms with Gasteiger partial charge in [0.05, 0.1) is 11.6 Å². The highest BCUT2D eigenvalue weighted by Crippen LogP contribution is 2.32. The van der Waals surface area contributed by atoms with Crippen LogP contribution in [0.25, 0.3) is 0 Å². The molecule has 1 amide bonds. The van der Waals surface area contributed by atoms with E-state index in [1.165, 1.54) is 0 Å². The molecule has 0 aliphatic carbocycles. The van der Waals surface area contributed by atoms with E-state index in [1.807, 2.05) is 12.1 Å². The smallest absolute Gasteiger partial charge is 0.339 e. The molecule has 4 rings (SSSR count). The number of carbonyl (C=O) groups is 2. The van der Waals surface area contributed by atoms with Gasteiger partial charge in [-0.05, 0) is 24.5 Å². The zero-order chi connectivity index (χ0) is 16.7. The molecule has 24 heavy (non-hydrogen) atoms. The Morgan fingerprint density at radius 1 is 1.33 bits per heavy atom. The predicted octanol–water partition coefficient (Wildman–Crippen LogP) is 1.82. The van der Waals surface area contributed by atoms with Gasteiger partial charge in [-0.25, -0.2) is 4.79 Å². The van der Waals surface area contributed by atoms with Crippen LogP contribution in [-0.4, -0.2) is 39.6 Å². The summed E-state index contributed by atoms with van der Waals surface area (Å²) in [5.41, 5.74) is 1.38. The molecule has 2 atom stereocenters. The Morgan fingerprint density at radius 2 is 2.17 bits per heavy atom. The van der Waals surface area contributed by atoms with Crippen LogP contribution in [0.2, 0.25) is 0 Å².